The van der Waals surface area contributed by atoms with Crippen LogP contribution in [0.5, 0.6) is 17.6 Å². The van der Waals surface area contributed by atoms with Crippen LogP contribution in [0.25, 0.3) is 0 Å². The number of nitrogens with zero attached hydrogens (tertiary/aromatic N) is 11. The van der Waals surface area contributed by atoms with Crippen LogP contribution in [0.3, 0.4) is 0 Å². The molecule has 6 aromatic rings. The standard InChI is InChI=1S/C23H31BN4O3.C17H19BrN4O.C10H12BrN3.C7H7NO2/c1-22(2)23(3,4)31-24(30-22)17-7-8-20(25-12-17)27-14-18-10-19(15-27)28(18)13-16-6-9-21(29-5)26-11-16;1-23-17-5-2-12(7-20-17)9-22-14-6-15(22)11-21(10-14)16-4-3-13(18)8-19-16;11-7-1-2-10(12-4-7)14-5-8-3-9(6-14)13-8;1-10-7-3-2-6(5-9)4-8-7/h6-9,11-12,18-19H,10,13-15H2,1-5H3;2-5,7-8,14-15H,6,9-11H2,1H3;1-2,4,8-9,13H,3,5-6H2;2-5H,1H3/i;;;1D3. The Morgan fingerprint density at radius 2 is 1.01 bits per heavy atom. The predicted molar refractivity (Wildman–Crippen MR) is 309 cm³/mol. The molecule has 10 aliphatic rings. The largest absolute Gasteiger partial charge is 0.496 e. The van der Waals surface area contributed by atoms with Crippen molar-refractivity contribution >= 4 is 68.2 Å². The van der Waals surface area contributed by atoms with Gasteiger partial charge in [-0.2, -0.15) is 0 Å². The molecule has 0 aromatic carbocycles. The van der Waals surface area contributed by atoms with Gasteiger partial charge >= 0.3 is 7.12 Å². The van der Waals surface area contributed by atoms with Crippen LogP contribution in [0, 0.1) is 0 Å². The summed E-state index contributed by atoms with van der Waals surface area (Å²) in [4.78, 5) is 48.5. The number of ether oxygens (including phenoxy) is 3. The van der Waals surface area contributed by atoms with Crippen molar-refractivity contribution in [2.75, 3.05) is 75.2 Å². The van der Waals surface area contributed by atoms with E-state index in [0.717, 1.165) is 84.2 Å². The molecule has 0 amide bonds. The van der Waals surface area contributed by atoms with Gasteiger partial charge in [-0.1, -0.05) is 18.2 Å². The fourth-order valence-corrected chi connectivity index (χ4v) is 11.4. The zero-order chi connectivity index (χ0) is 57.1. The van der Waals surface area contributed by atoms with E-state index in [1.165, 1.54) is 48.7 Å². The second-order valence-corrected chi connectivity index (χ2v) is 23.5. The van der Waals surface area contributed by atoms with Crippen LogP contribution in [0.1, 0.15) is 72.6 Å². The summed E-state index contributed by atoms with van der Waals surface area (Å²) in [6.45, 7) is 16.5. The van der Waals surface area contributed by atoms with Gasteiger partial charge in [0.25, 0.3) is 0 Å². The first-order chi connectivity index (χ1) is 38.8. The third-order valence-corrected chi connectivity index (χ3v) is 17.0. The number of hydrogen-bond donors (Lipinski definition) is 1. The van der Waals surface area contributed by atoms with Gasteiger partial charge in [-0.25, -0.2) is 29.9 Å². The van der Waals surface area contributed by atoms with Crippen molar-refractivity contribution in [3.05, 3.63) is 136 Å². The van der Waals surface area contributed by atoms with E-state index >= 15 is 0 Å². The first-order valence-corrected chi connectivity index (χ1v) is 28.0. The smallest absolute Gasteiger partial charge is 0.481 e. The van der Waals surface area contributed by atoms with Gasteiger partial charge < -0.3 is 43.5 Å². The molecule has 16 rings (SSSR count). The number of piperidine rings is 3. The van der Waals surface area contributed by atoms with Crippen LogP contribution in [-0.2, 0) is 22.4 Å². The van der Waals surface area contributed by atoms with Gasteiger partial charge in [0, 0.05) is 164 Å². The van der Waals surface area contributed by atoms with Crippen molar-refractivity contribution in [1.29, 1.82) is 0 Å². The van der Waals surface area contributed by atoms with E-state index in [0.29, 0.717) is 59.9 Å². The lowest BCUT2D eigenvalue weighted by molar-refractivity contribution is -0.00879. The molecule has 10 fully saturated rings. The van der Waals surface area contributed by atoms with Crippen molar-refractivity contribution < 1.29 is 32.4 Å². The predicted octanol–water partition coefficient (Wildman–Crippen LogP) is 7.26. The summed E-state index contributed by atoms with van der Waals surface area (Å²) in [7, 11) is 0.421. The minimum Gasteiger partial charge on any atom is -0.481 e. The van der Waals surface area contributed by atoms with Gasteiger partial charge in [-0.05, 0) is 126 Å². The molecule has 0 aliphatic carbocycles. The summed E-state index contributed by atoms with van der Waals surface area (Å²) in [5, 5.41) is 3.51. The Kier molecular flexibility index (Phi) is 16.1. The van der Waals surface area contributed by atoms with Crippen LogP contribution in [-0.4, -0.2) is 161 Å². The molecular weight excluding hydrogens is 1120 g/mol. The minimum atomic E-state index is -2.50. The molecule has 0 saturated carbocycles. The van der Waals surface area contributed by atoms with Crippen LogP contribution in [0.4, 0.5) is 17.5 Å². The third kappa shape index (κ3) is 12.9. The second kappa shape index (κ2) is 24.3. The normalized spacial score (nSPS) is 24.7. The van der Waals surface area contributed by atoms with E-state index < -0.39 is 7.04 Å². The number of hydrogen-bond acceptors (Lipinski definition) is 18. The maximum absolute atomic E-state index is 10.2. The van der Waals surface area contributed by atoms with Crippen molar-refractivity contribution in [3.8, 4) is 17.6 Å². The molecule has 18 nitrogen and oxygen atoms in total. The van der Waals surface area contributed by atoms with E-state index in [2.05, 4.69) is 168 Å². The minimum absolute atomic E-state index is 0.0226. The van der Waals surface area contributed by atoms with Gasteiger partial charge in [-0.3, -0.25) is 14.6 Å². The maximum Gasteiger partial charge on any atom is 0.496 e. The van der Waals surface area contributed by atoms with Crippen LogP contribution >= 0.6 is 31.9 Å². The van der Waals surface area contributed by atoms with Gasteiger partial charge in [0.2, 0.25) is 17.6 Å². The Bertz CT molecular complexity index is 2980. The molecule has 16 heterocycles. The number of fused-ring (bicyclic) bond motifs is 6. The number of anilines is 3. The lowest BCUT2D eigenvalue weighted by atomic mass is 9.80. The lowest BCUT2D eigenvalue weighted by Gasteiger charge is -2.56. The molecule has 6 atom stereocenters. The number of nitrogens with one attached hydrogen (secondary N) is 1. The molecule has 6 aromatic heterocycles. The first-order valence-electron chi connectivity index (χ1n) is 28.0. The monoisotopic (exact) mass is 1190 g/mol. The molecule has 6 bridgehead atoms. The van der Waals surface area contributed by atoms with E-state index in [4.69, 9.17) is 27.9 Å². The highest BCUT2D eigenvalue weighted by atomic mass is 79.9. The number of carbonyl (C=O) groups is 1. The van der Waals surface area contributed by atoms with Crippen molar-refractivity contribution in [3.63, 3.8) is 0 Å². The Hall–Kier alpha value is -5.81. The van der Waals surface area contributed by atoms with Gasteiger partial charge in [0.15, 0.2) is 6.29 Å². The van der Waals surface area contributed by atoms with Crippen molar-refractivity contribution in [1.82, 2.24) is 45.0 Å². The molecule has 0 spiro atoms. The first kappa shape index (κ1) is 51.6. The Labute approximate surface area is 479 Å². The van der Waals surface area contributed by atoms with E-state index in [1.807, 2.05) is 43.1 Å². The number of carbonyl (C=O) groups excluding carboxylic acids is 1. The summed E-state index contributed by atoms with van der Waals surface area (Å²) in [6, 6.07) is 27.0. The average molecular weight is 1190 g/mol. The molecule has 10 aliphatic heterocycles. The number of methoxy groups -OCH3 is 3. The van der Waals surface area contributed by atoms with E-state index in [-0.39, 0.29) is 24.2 Å². The van der Waals surface area contributed by atoms with Gasteiger partial charge in [0.1, 0.15) is 17.5 Å². The Morgan fingerprint density at radius 1 is 0.577 bits per heavy atom. The third-order valence-electron chi connectivity index (χ3n) is 16.0. The second-order valence-electron chi connectivity index (χ2n) is 21.7. The van der Waals surface area contributed by atoms with Crippen LogP contribution in [0.15, 0.2) is 119 Å². The highest BCUT2D eigenvalue weighted by Gasteiger charge is 2.52. The zero-order valence-electron chi connectivity index (χ0n) is 47.9. The quantitative estimate of drug-likeness (QED) is 0.0960. The van der Waals surface area contributed by atoms with Gasteiger partial charge in [-0.15, -0.1) is 0 Å². The highest BCUT2D eigenvalue weighted by molar-refractivity contribution is 9.10. The summed E-state index contributed by atoms with van der Waals surface area (Å²) in [6.07, 6.45) is 15.2. The van der Waals surface area contributed by atoms with Crippen molar-refractivity contribution in [2.24, 2.45) is 0 Å². The number of pyridine rings is 6. The molecular formula is C57H69BBr2N12O6. The highest BCUT2D eigenvalue weighted by Crippen LogP contribution is 2.39. The molecule has 78 heavy (non-hydrogen) atoms. The SMILES string of the molecule is Brc1ccc(N2CC3CC(C2)N3)nc1.COc1ccc(CN2C3CC2CN(c2ccc(B4OC(C)(C)C(C)(C)O4)cn2)C3)cn1.COc1ccc(CN2C3CC2CN(c2ccc(Br)cn2)C3)cn1.[2H]C([2H])([2H])Oc1ccc(C=O)cn1. The number of rotatable bonds is 12. The molecule has 6 unspecified atom stereocenters. The summed E-state index contributed by atoms with van der Waals surface area (Å²) >= 11 is 6.84. The Morgan fingerprint density at radius 3 is 1.38 bits per heavy atom. The molecule has 0 radical (unpaired) electrons. The summed E-state index contributed by atoms with van der Waals surface area (Å²) in [5.41, 5.74) is 3.14. The number of piperazine rings is 3. The summed E-state index contributed by atoms with van der Waals surface area (Å²) < 4.78 is 49.4. The maximum atomic E-state index is 10.2. The van der Waals surface area contributed by atoms with Crippen LogP contribution < -0.4 is 39.7 Å². The van der Waals surface area contributed by atoms with Crippen molar-refractivity contribution in [2.45, 2.75) is 108 Å². The average Bonchev–Trinajstić information content (AvgIpc) is 3.76. The van der Waals surface area contributed by atoms with E-state index in [1.54, 1.807) is 14.2 Å². The topological polar surface area (TPSA) is 169 Å². The zero-order valence-corrected chi connectivity index (χ0v) is 48.1. The lowest BCUT2D eigenvalue weighted by Crippen LogP contribution is -2.68. The molecule has 1 N–H and O–H groups in total. The summed E-state index contributed by atoms with van der Waals surface area (Å²) in [5.74, 6) is 4.52. The fourth-order valence-electron chi connectivity index (χ4n) is 11.0. The number of aromatic nitrogens is 6. The van der Waals surface area contributed by atoms with E-state index in [9.17, 15) is 4.79 Å². The fraction of sp³-hybridized carbons (Fsp3) is 0.456. The Balaban J connectivity index is 0.000000129. The van der Waals surface area contributed by atoms with Crippen LogP contribution in [0.2, 0.25) is 0 Å². The molecule has 10 saturated heterocycles. The van der Waals surface area contributed by atoms with Gasteiger partial charge in [0.05, 0.1) is 36.6 Å². The molecule has 410 valence electrons. The molecule has 21 heteroatoms. The number of aldehydes is 1. The number of halogens is 2.